The number of carbonyl (C=O) groups excluding carboxylic acids is 2. The van der Waals surface area contributed by atoms with Gasteiger partial charge in [0.25, 0.3) is 11.8 Å². The van der Waals surface area contributed by atoms with Crippen LogP contribution in [0.4, 0.5) is 11.4 Å². The van der Waals surface area contributed by atoms with Crippen LogP contribution in [0, 0.1) is 0 Å². The number of benzene rings is 2. The van der Waals surface area contributed by atoms with E-state index in [1.165, 1.54) is 19.4 Å². The molecule has 2 amide bonds. The highest BCUT2D eigenvalue weighted by Crippen LogP contribution is 2.24. The van der Waals surface area contributed by atoms with Gasteiger partial charge in [-0.1, -0.05) is 48.0 Å². The number of amides is 2. The van der Waals surface area contributed by atoms with Crippen molar-refractivity contribution in [2.45, 2.75) is 0 Å². The van der Waals surface area contributed by atoms with Gasteiger partial charge in [-0.3, -0.25) is 9.59 Å². The van der Waals surface area contributed by atoms with Crippen LogP contribution in [-0.2, 0) is 9.59 Å². The summed E-state index contributed by atoms with van der Waals surface area (Å²) >= 11 is 6.11. The number of aromatic nitrogens is 1. The van der Waals surface area contributed by atoms with Gasteiger partial charge in [0, 0.05) is 17.4 Å². The number of nitrogens with one attached hydrogen (secondary N) is 2. The maximum absolute atomic E-state index is 13.0. The number of para-hydroxylation sites is 3. The molecule has 0 saturated carbocycles. The van der Waals surface area contributed by atoms with E-state index in [0.29, 0.717) is 22.7 Å². The lowest BCUT2D eigenvalue weighted by molar-refractivity contribution is -0.118. The third-order valence-electron chi connectivity index (χ3n) is 3.96. The molecule has 146 valence electrons. The quantitative estimate of drug-likeness (QED) is 0.274. The van der Waals surface area contributed by atoms with Crippen LogP contribution in [-0.4, -0.2) is 23.9 Å². The Morgan fingerprint density at radius 2 is 1.62 bits per heavy atom. The van der Waals surface area contributed by atoms with Gasteiger partial charge in [-0.2, -0.15) is 0 Å². The molecule has 0 radical (unpaired) electrons. The molecule has 0 saturated heterocycles. The molecule has 6 nitrogen and oxygen atoms in total. The van der Waals surface area contributed by atoms with Crippen LogP contribution in [0.2, 0.25) is 5.15 Å². The van der Waals surface area contributed by atoms with Crippen molar-refractivity contribution in [3.63, 3.8) is 0 Å². The summed E-state index contributed by atoms with van der Waals surface area (Å²) in [5, 5.41) is 5.61. The Labute approximate surface area is 173 Å². The Morgan fingerprint density at radius 1 is 0.931 bits per heavy atom. The van der Waals surface area contributed by atoms with E-state index in [2.05, 4.69) is 15.6 Å². The second-order valence-corrected chi connectivity index (χ2v) is 6.27. The number of hydrogen-bond acceptors (Lipinski definition) is 4. The van der Waals surface area contributed by atoms with Gasteiger partial charge in [0.15, 0.2) is 0 Å². The Balaban J connectivity index is 1.94. The van der Waals surface area contributed by atoms with Crippen LogP contribution in [0.1, 0.15) is 5.56 Å². The van der Waals surface area contributed by atoms with E-state index < -0.39 is 11.8 Å². The number of rotatable bonds is 6. The van der Waals surface area contributed by atoms with Crippen molar-refractivity contribution in [2.24, 2.45) is 0 Å². The van der Waals surface area contributed by atoms with E-state index in [1.54, 1.807) is 60.7 Å². The number of halogens is 1. The van der Waals surface area contributed by atoms with Crippen LogP contribution in [0.15, 0.2) is 78.5 Å². The van der Waals surface area contributed by atoms with Crippen molar-refractivity contribution in [1.82, 2.24) is 4.98 Å². The molecule has 0 aliphatic heterocycles. The third kappa shape index (κ3) is 5.21. The Morgan fingerprint density at radius 3 is 2.34 bits per heavy atom. The zero-order valence-electron chi connectivity index (χ0n) is 15.6. The molecule has 0 fully saturated rings. The summed E-state index contributed by atoms with van der Waals surface area (Å²) in [5.41, 5.74) is 1.32. The van der Waals surface area contributed by atoms with Crippen molar-refractivity contribution in [3.05, 3.63) is 89.2 Å². The molecule has 29 heavy (non-hydrogen) atoms. The first-order valence-corrected chi connectivity index (χ1v) is 9.09. The molecule has 0 atom stereocenters. The molecule has 2 N–H and O–H groups in total. The minimum atomic E-state index is -0.608. The standard InChI is InChI=1S/C22H18ClN3O3/c1-29-19-12-6-5-11-18(19)26-22(28)17(14-15-8-7-13-24-20(15)23)21(27)25-16-9-3-2-4-10-16/h2-14H,1H3,(H,25,27)(H,26,28). The molecule has 0 aliphatic carbocycles. The van der Waals surface area contributed by atoms with Gasteiger partial charge >= 0.3 is 0 Å². The van der Waals surface area contributed by atoms with Gasteiger partial charge in [-0.05, 0) is 36.4 Å². The van der Waals surface area contributed by atoms with E-state index in [9.17, 15) is 9.59 Å². The number of pyridine rings is 1. The largest absolute Gasteiger partial charge is 0.495 e. The average molecular weight is 408 g/mol. The van der Waals surface area contributed by atoms with Crippen LogP contribution < -0.4 is 15.4 Å². The Kier molecular flexibility index (Phi) is 6.60. The normalized spacial score (nSPS) is 10.9. The fraction of sp³-hybridized carbons (Fsp3) is 0.0455. The molecule has 2 aromatic carbocycles. The number of anilines is 2. The number of methoxy groups -OCH3 is 1. The van der Waals surface area contributed by atoms with E-state index in [0.717, 1.165) is 0 Å². The lowest BCUT2D eigenvalue weighted by atomic mass is 10.1. The van der Waals surface area contributed by atoms with Crippen LogP contribution in [0.25, 0.3) is 6.08 Å². The summed E-state index contributed by atoms with van der Waals surface area (Å²) in [4.78, 5) is 29.8. The molecule has 0 aliphatic rings. The average Bonchev–Trinajstić information content (AvgIpc) is 2.74. The smallest absolute Gasteiger partial charge is 0.261 e. The molecule has 3 aromatic rings. The lowest BCUT2D eigenvalue weighted by Crippen LogP contribution is -2.25. The summed E-state index contributed by atoms with van der Waals surface area (Å²) in [6.07, 6.45) is 2.93. The fourth-order valence-electron chi connectivity index (χ4n) is 2.55. The minimum absolute atomic E-state index is 0.130. The third-order valence-corrected chi connectivity index (χ3v) is 4.28. The van der Waals surface area contributed by atoms with Gasteiger partial charge in [-0.15, -0.1) is 0 Å². The molecular weight excluding hydrogens is 390 g/mol. The highest BCUT2D eigenvalue weighted by Gasteiger charge is 2.20. The first-order chi connectivity index (χ1) is 14.1. The molecular formula is C22H18ClN3O3. The predicted molar refractivity (Wildman–Crippen MR) is 114 cm³/mol. The molecule has 1 aromatic heterocycles. The van der Waals surface area contributed by atoms with Crippen LogP contribution in [0.3, 0.4) is 0 Å². The molecule has 1 heterocycles. The molecule has 3 rings (SSSR count). The van der Waals surface area contributed by atoms with E-state index in [1.807, 2.05) is 6.07 Å². The second kappa shape index (κ2) is 9.52. The first kappa shape index (κ1) is 20.1. The number of carbonyl (C=O) groups is 2. The van der Waals surface area contributed by atoms with Crippen LogP contribution in [0.5, 0.6) is 5.75 Å². The zero-order valence-corrected chi connectivity index (χ0v) is 16.3. The summed E-state index contributed by atoms with van der Waals surface area (Å²) in [6, 6.07) is 19.1. The second-order valence-electron chi connectivity index (χ2n) is 5.92. The number of nitrogens with zero attached hydrogens (tertiary/aromatic N) is 1. The number of ether oxygens (including phenoxy) is 1. The van der Waals surface area contributed by atoms with Gasteiger partial charge in [0.05, 0.1) is 12.8 Å². The van der Waals surface area contributed by atoms with Gasteiger partial charge in [-0.25, -0.2) is 4.98 Å². The first-order valence-electron chi connectivity index (χ1n) is 8.71. The predicted octanol–water partition coefficient (Wildman–Crippen LogP) is 4.40. The van der Waals surface area contributed by atoms with Crippen molar-refractivity contribution in [2.75, 3.05) is 17.7 Å². The highest BCUT2D eigenvalue weighted by atomic mass is 35.5. The lowest BCUT2D eigenvalue weighted by Gasteiger charge is -2.12. The minimum Gasteiger partial charge on any atom is -0.495 e. The van der Waals surface area contributed by atoms with Gasteiger partial charge < -0.3 is 15.4 Å². The zero-order chi connectivity index (χ0) is 20.6. The summed E-state index contributed by atoms with van der Waals surface area (Å²) in [6.45, 7) is 0. The monoisotopic (exact) mass is 407 g/mol. The summed E-state index contributed by atoms with van der Waals surface area (Å²) < 4.78 is 5.25. The van der Waals surface area contributed by atoms with E-state index in [-0.39, 0.29) is 10.7 Å². The number of hydrogen-bond donors (Lipinski definition) is 2. The molecule has 0 bridgehead atoms. The Bertz CT molecular complexity index is 1050. The fourth-order valence-corrected chi connectivity index (χ4v) is 2.73. The SMILES string of the molecule is COc1ccccc1NC(=O)C(=Cc1cccnc1Cl)C(=O)Nc1ccccc1. The van der Waals surface area contributed by atoms with Crippen molar-refractivity contribution in [3.8, 4) is 5.75 Å². The maximum Gasteiger partial charge on any atom is 0.261 e. The summed E-state index contributed by atoms with van der Waals surface area (Å²) in [5.74, 6) is -0.713. The van der Waals surface area contributed by atoms with Crippen molar-refractivity contribution < 1.29 is 14.3 Å². The molecule has 7 heteroatoms. The van der Waals surface area contributed by atoms with E-state index >= 15 is 0 Å². The van der Waals surface area contributed by atoms with Crippen molar-refractivity contribution >= 4 is 40.9 Å². The maximum atomic E-state index is 13.0. The van der Waals surface area contributed by atoms with Crippen molar-refractivity contribution in [1.29, 1.82) is 0 Å². The Hall–Kier alpha value is -3.64. The van der Waals surface area contributed by atoms with Gasteiger partial charge in [0.2, 0.25) is 0 Å². The topological polar surface area (TPSA) is 80.3 Å². The molecule has 0 unspecified atom stereocenters. The van der Waals surface area contributed by atoms with Crippen LogP contribution >= 0.6 is 11.6 Å². The molecule has 0 spiro atoms. The highest BCUT2D eigenvalue weighted by molar-refractivity contribution is 6.32. The van der Waals surface area contributed by atoms with Gasteiger partial charge in [0.1, 0.15) is 16.5 Å². The summed E-state index contributed by atoms with van der Waals surface area (Å²) in [7, 11) is 1.50. The van der Waals surface area contributed by atoms with E-state index in [4.69, 9.17) is 16.3 Å².